The maximum absolute atomic E-state index is 10.9. The number of carbonyl (C=O) groups excluding carboxylic acids is 1. The molecule has 0 atom stereocenters. The number of rotatable bonds is 6. The Hall–Kier alpha value is -2.17. The third kappa shape index (κ3) is 2.94. The van der Waals surface area contributed by atoms with Crippen molar-refractivity contribution in [3.8, 4) is 0 Å². The van der Waals surface area contributed by atoms with Gasteiger partial charge in [-0.25, -0.2) is 0 Å². The van der Waals surface area contributed by atoms with E-state index in [4.69, 9.17) is 0 Å². The summed E-state index contributed by atoms with van der Waals surface area (Å²) in [4.78, 5) is 23.1. The molecule has 0 spiro atoms. The fourth-order valence-electron chi connectivity index (χ4n) is 1.73. The lowest BCUT2D eigenvalue weighted by Crippen LogP contribution is -2.30. The zero-order valence-electron chi connectivity index (χ0n) is 10.5. The predicted molar refractivity (Wildman–Crippen MR) is 71.2 cm³/mol. The van der Waals surface area contributed by atoms with Crippen molar-refractivity contribution in [2.75, 3.05) is 11.4 Å². The number of benzene rings is 1. The molecule has 96 valence electrons. The van der Waals surface area contributed by atoms with Gasteiger partial charge in [0.2, 0.25) is 0 Å². The lowest BCUT2D eigenvalue weighted by atomic mass is 10.1. The molecular weight excluding hydrogens is 232 g/mol. The van der Waals surface area contributed by atoms with Crippen molar-refractivity contribution in [2.45, 2.75) is 19.9 Å². The van der Waals surface area contributed by atoms with Crippen molar-refractivity contribution in [3.05, 3.63) is 46.5 Å². The first kappa shape index (κ1) is 13.9. The topological polar surface area (TPSA) is 63.4 Å². The summed E-state index contributed by atoms with van der Waals surface area (Å²) in [6.07, 6.45) is 2.26. The highest BCUT2D eigenvalue weighted by Crippen LogP contribution is 2.25. The summed E-state index contributed by atoms with van der Waals surface area (Å²) in [6, 6.07) is 4.75. The predicted octanol–water partition coefficient (Wildman–Crippen LogP) is 2.81. The lowest BCUT2D eigenvalue weighted by molar-refractivity contribution is -0.385. The Morgan fingerprint density at radius 2 is 2.17 bits per heavy atom. The highest BCUT2D eigenvalue weighted by atomic mass is 16.6. The van der Waals surface area contributed by atoms with Crippen LogP contribution in [0, 0.1) is 10.1 Å². The van der Waals surface area contributed by atoms with Crippen LogP contribution < -0.4 is 4.90 Å². The highest BCUT2D eigenvalue weighted by Gasteiger charge is 2.16. The van der Waals surface area contributed by atoms with Gasteiger partial charge in [0, 0.05) is 24.3 Å². The van der Waals surface area contributed by atoms with Crippen LogP contribution in [0.5, 0.6) is 0 Å². The molecule has 0 saturated heterocycles. The number of nitro groups is 1. The Balaban J connectivity index is 3.21. The second kappa shape index (κ2) is 5.95. The first-order valence-electron chi connectivity index (χ1n) is 5.62. The number of hydrogen-bond acceptors (Lipinski definition) is 4. The van der Waals surface area contributed by atoms with Gasteiger partial charge in [-0.2, -0.15) is 0 Å². The number of hydrogen-bond donors (Lipinski definition) is 0. The van der Waals surface area contributed by atoms with Crippen molar-refractivity contribution >= 4 is 17.7 Å². The van der Waals surface area contributed by atoms with Crippen LogP contribution in [0.2, 0.25) is 0 Å². The van der Waals surface area contributed by atoms with Crippen LogP contribution in [0.25, 0.3) is 0 Å². The second-order valence-corrected chi connectivity index (χ2v) is 4.15. The fraction of sp³-hybridized carbons (Fsp3) is 0.308. The van der Waals surface area contributed by atoms with Crippen molar-refractivity contribution in [1.29, 1.82) is 0 Å². The van der Waals surface area contributed by atoms with Crippen LogP contribution in [0.15, 0.2) is 30.9 Å². The van der Waals surface area contributed by atoms with Crippen LogP contribution >= 0.6 is 0 Å². The van der Waals surface area contributed by atoms with Gasteiger partial charge in [-0.15, -0.1) is 6.58 Å². The van der Waals surface area contributed by atoms with Gasteiger partial charge in [-0.3, -0.25) is 14.9 Å². The van der Waals surface area contributed by atoms with Crippen molar-refractivity contribution in [1.82, 2.24) is 0 Å². The zero-order valence-corrected chi connectivity index (χ0v) is 10.5. The largest absolute Gasteiger partial charge is 0.365 e. The molecule has 18 heavy (non-hydrogen) atoms. The summed E-state index contributed by atoms with van der Waals surface area (Å²) in [5, 5.41) is 10.7. The molecule has 5 nitrogen and oxygen atoms in total. The minimum atomic E-state index is -0.555. The van der Waals surface area contributed by atoms with Gasteiger partial charge in [0.1, 0.15) is 0 Å². The molecule has 5 heteroatoms. The Labute approximate surface area is 106 Å². The number of aldehydes is 1. The Morgan fingerprint density at radius 3 is 2.61 bits per heavy atom. The van der Waals surface area contributed by atoms with E-state index in [1.54, 1.807) is 12.1 Å². The van der Waals surface area contributed by atoms with E-state index in [0.717, 1.165) is 5.69 Å². The molecular formula is C13H16N2O3. The number of nitro benzene ring substituents is 1. The minimum absolute atomic E-state index is 0.0900. The van der Waals surface area contributed by atoms with E-state index >= 15 is 0 Å². The molecule has 0 aromatic heterocycles. The lowest BCUT2D eigenvalue weighted by Gasteiger charge is -2.27. The summed E-state index contributed by atoms with van der Waals surface area (Å²) < 4.78 is 0. The maximum Gasteiger partial charge on any atom is 0.280 e. The third-order valence-electron chi connectivity index (χ3n) is 2.62. The van der Waals surface area contributed by atoms with Crippen LogP contribution in [-0.4, -0.2) is 23.8 Å². The summed E-state index contributed by atoms with van der Waals surface area (Å²) in [7, 11) is 0. The summed E-state index contributed by atoms with van der Waals surface area (Å²) in [5.41, 5.74) is 0.695. The van der Waals surface area contributed by atoms with Crippen LogP contribution in [0.3, 0.4) is 0 Å². The van der Waals surface area contributed by atoms with Crippen molar-refractivity contribution in [2.24, 2.45) is 0 Å². The quantitative estimate of drug-likeness (QED) is 0.336. The van der Waals surface area contributed by atoms with E-state index in [9.17, 15) is 14.9 Å². The van der Waals surface area contributed by atoms with Crippen molar-refractivity contribution < 1.29 is 9.72 Å². The molecule has 0 unspecified atom stereocenters. The first-order chi connectivity index (χ1) is 8.51. The molecule has 0 radical (unpaired) electrons. The van der Waals surface area contributed by atoms with Gasteiger partial charge in [-0.1, -0.05) is 6.08 Å². The van der Waals surface area contributed by atoms with E-state index in [0.29, 0.717) is 12.8 Å². The average Bonchev–Trinajstić information content (AvgIpc) is 2.34. The van der Waals surface area contributed by atoms with Gasteiger partial charge in [-0.05, 0) is 26.0 Å². The molecule has 0 aliphatic carbocycles. The van der Waals surface area contributed by atoms with Crippen molar-refractivity contribution in [3.63, 3.8) is 0 Å². The Morgan fingerprint density at radius 1 is 1.50 bits per heavy atom. The molecule has 0 N–H and O–H groups in total. The molecule has 0 saturated carbocycles. The molecule has 0 bridgehead atoms. The van der Waals surface area contributed by atoms with Gasteiger partial charge < -0.3 is 4.90 Å². The van der Waals surface area contributed by atoms with Gasteiger partial charge in [0.05, 0.1) is 10.5 Å². The molecule has 1 aromatic rings. The van der Waals surface area contributed by atoms with Gasteiger partial charge in [0.15, 0.2) is 6.29 Å². The van der Waals surface area contributed by atoms with Crippen LogP contribution in [0.1, 0.15) is 24.2 Å². The maximum atomic E-state index is 10.9. The Kier molecular flexibility index (Phi) is 4.59. The van der Waals surface area contributed by atoms with E-state index in [1.165, 1.54) is 12.1 Å². The normalized spacial score (nSPS) is 10.2. The summed E-state index contributed by atoms with van der Waals surface area (Å²) >= 11 is 0. The molecule has 0 aliphatic rings. The zero-order chi connectivity index (χ0) is 13.7. The highest BCUT2D eigenvalue weighted by molar-refractivity contribution is 5.83. The molecule has 0 heterocycles. The standard InChI is InChI=1S/C13H16N2O3/c1-4-7-14(10(2)3)12-5-6-13(15(17)18)11(8-12)9-16/h4-6,8-10H,1,7H2,2-3H3. The van der Waals surface area contributed by atoms with E-state index in [1.807, 2.05) is 18.7 Å². The SMILES string of the molecule is C=CCN(c1ccc([N+](=O)[O-])c(C=O)c1)C(C)C. The summed E-state index contributed by atoms with van der Waals surface area (Å²) in [6.45, 7) is 8.31. The number of nitrogens with zero attached hydrogens (tertiary/aromatic N) is 2. The van der Waals surface area contributed by atoms with E-state index < -0.39 is 4.92 Å². The van der Waals surface area contributed by atoms with Gasteiger partial charge >= 0.3 is 0 Å². The Bertz CT molecular complexity index is 469. The number of carbonyl (C=O) groups is 1. The number of anilines is 1. The van der Waals surface area contributed by atoms with E-state index in [2.05, 4.69) is 6.58 Å². The first-order valence-corrected chi connectivity index (χ1v) is 5.62. The minimum Gasteiger partial charge on any atom is -0.365 e. The molecule has 0 aliphatic heterocycles. The molecule has 0 fully saturated rings. The monoisotopic (exact) mass is 248 g/mol. The summed E-state index contributed by atoms with van der Waals surface area (Å²) in [5.74, 6) is 0. The van der Waals surface area contributed by atoms with E-state index in [-0.39, 0.29) is 17.3 Å². The fourth-order valence-corrected chi connectivity index (χ4v) is 1.73. The smallest absolute Gasteiger partial charge is 0.280 e. The van der Waals surface area contributed by atoms with Crippen LogP contribution in [-0.2, 0) is 0 Å². The third-order valence-corrected chi connectivity index (χ3v) is 2.62. The molecule has 1 rings (SSSR count). The van der Waals surface area contributed by atoms with Crippen LogP contribution in [0.4, 0.5) is 11.4 Å². The second-order valence-electron chi connectivity index (χ2n) is 4.15. The molecule has 0 amide bonds. The van der Waals surface area contributed by atoms with Gasteiger partial charge in [0.25, 0.3) is 5.69 Å². The molecule has 1 aromatic carbocycles. The average molecular weight is 248 g/mol.